The van der Waals surface area contributed by atoms with Crippen LogP contribution < -0.4 is 0 Å². The molecule has 0 amide bonds. The Morgan fingerprint density at radius 3 is 2.14 bits per heavy atom. The summed E-state index contributed by atoms with van der Waals surface area (Å²) >= 11 is 0. The van der Waals surface area contributed by atoms with Crippen molar-refractivity contribution in [1.29, 1.82) is 0 Å². The van der Waals surface area contributed by atoms with Gasteiger partial charge in [0.05, 0.1) is 0 Å². The molecule has 1 saturated carbocycles. The first-order valence-corrected chi connectivity index (χ1v) is 5.45. The van der Waals surface area contributed by atoms with Crippen molar-refractivity contribution >= 4 is 5.97 Å². The Kier molecular flexibility index (Phi) is 3.93. The van der Waals surface area contributed by atoms with Gasteiger partial charge in [-0.3, -0.25) is 0 Å². The minimum atomic E-state index is -1.16. The lowest BCUT2D eigenvalue weighted by atomic mass is 9.71. The maximum Gasteiger partial charge on any atom is 0.332 e. The molecule has 0 radical (unpaired) electrons. The fourth-order valence-corrected chi connectivity index (χ4v) is 2.59. The first-order chi connectivity index (χ1) is 6.54. The molecule has 3 nitrogen and oxygen atoms in total. The highest BCUT2D eigenvalue weighted by Crippen LogP contribution is 2.37. The molecule has 1 aliphatic rings. The molecule has 3 atom stereocenters. The molecule has 3 heteroatoms. The number of rotatable bonds is 3. The van der Waals surface area contributed by atoms with Gasteiger partial charge in [-0.15, -0.1) is 0 Å². The van der Waals surface area contributed by atoms with Crippen LogP contribution in [0.25, 0.3) is 0 Å². The lowest BCUT2D eigenvalue weighted by Crippen LogP contribution is -2.38. The van der Waals surface area contributed by atoms with Crippen molar-refractivity contribution in [2.24, 2.45) is 17.8 Å². The molecule has 82 valence electrons. The molecule has 1 aliphatic carbocycles. The Labute approximate surface area is 85.1 Å². The zero-order valence-electron chi connectivity index (χ0n) is 8.94. The number of carbonyl (C=O) groups is 1. The summed E-state index contributed by atoms with van der Waals surface area (Å²) in [5.41, 5.74) is 0. The first-order valence-electron chi connectivity index (χ1n) is 5.45. The summed E-state index contributed by atoms with van der Waals surface area (Å²) in [4.78, 5) is 10.7. The second kappa shape index (κ2) is 4.78. The van der Waals surface area contributed by atoms with Crippen LogP contribution in [0.5, 0.6) is 0 Å². The van der Waals surface area contributed by atoms with Crippen LogP contribution in [0.1, 0.15) is 39.5 Å². The normalized spacial score (nSPS) is 30.3. The number of hydrogen-bond donors (Lipinski definition) is 2. The van der Waals surface area contributed by atoms with Gasteiger partial charge in [0.15, 0.2) is 6.10 Å². The number of aliphatic hydroxyl groups is 1. The lowest BCUT2D eigenvalue weighted by molar-refractivity contribution is -0.152. The summed E-state index contributed by atoms with van der Waals surface area (Å²) in [6, 6.07) is 0. The second-order valence-electron chi connectivity index (χ2n) is 4.64. The Bertz CT molecular complexity index is 201. The number of aliphatic hydroxyl groups excluding tert-OH is 1. The van der Waals surface area contributed by atoms with E-state index in [-0.39, 0.29) is 5.92 Å². The quantitative estimate of drug-likeness (QED) is 0.731. The third-order valence-electron chi connectivity index (χ3n) is 3.39. The molecule has 14 heavy (non-hydrogen) atoms. The highest BCUT2D eigenvalue weighted by Gasteiger charge is 2.35. The molecule has 1 rings (SSSR count). The van der Waals surface area contributed by atoms with E-state index in [1.165, 1.54) is 6.42 Å². The van der Waals surface area contributed by atoms with Crippen LogP contribution in [-0.4, -0.2) is 22.3 Å². The predicted octanol–water partition coefficient (Wildman–Crippen LogP) is 1.89. The zero-order chi connectivity index (χ0) is 10.7. The fourth-order valence-electron chi connectivity index (χ4n) is 2.59. The largest absolute Gasteiger partial charge is 0.479 e. The van der Waals surface area contributed by atoms with Crippen LogP contribution in [0.2, 0.25) is 0 Å². The number of aliphatic carboxylic acids is 1. The van der Waals surface area contributed by atoms with Gasteiger partial charge in [-0.25, -0.2) is 4.79 Å². The van der Waals surface area contributed by atoms with E-state index in [4.69, 9.17) is 5.11 Å². The van der Waals surface area contributed by atoms with Crippen LogP contribution in [0.4, 0.5) is 0 Å². The van der Waals surface area contributed by atoms with Crippen molar-refractivity contribution < 1.29 is 15.0 Å². The Hall–Kier alpha value is -0.570. The van der Waals surface area contributed by atoms with E-state index in [1.54, 1.807) is 0 Å². The Morgan fingerprint density at radius 2 is 1.71 bits per heavy atom. The summed E-state index contributed by atoms with van der Waals surface area (Å²) in [5.74, 6) is -0.270. The van der Waals surface area contributed by atoms with Crippen LogP contribution >= 0.6 is 0 Å². The summed E-state index contributed by atoms with van der Waals surface area (Å²) < 4.78 is 0. The van der Waals surface area contributed by atoms with E-state index < -0.39 is 12.1 Å². The van der Waals surface area contributed by atoms with Crippen LogP contribution in [0.15, 0.2) is 0 Å². The van der Waals surface area contributed by atoms with Gasteiger partial charge < -0.3 is 10.2 Å². The van der Waals surface area contributed by atoms with E-state index in [9.17, 15) is 9.90 Å². The van der Waals surface area contributed by atoms with E-state index in [1.807, 2.05) is 0 Å². The molecule has 0 bridgehead atoms. The highest BCUT2D eigenvalue weighted by molar-refractivity contribution is 5.72. The molecule has 0 spiro atoms. The smallest absolute Gasteiger partial charge is 0.332 e. The molecule has 3 unspecified atom stereocenters. The summed E-state index contributed by atoms with van der Waals surface area (Å²) in [6.45, 7) is 4.22. The van der Waals surface area contributed by atoms with Crippen LogP contribution in [0, 0.1) is 17.8 Å². The molecule has 2 N–H and O–H groups in total. The number of carboxylic acids is 1. The minimum absolute atomic E-state index is 0.0405. The SMILES string of the molecule is CC(C)C1CCCCC1C(O)C(=O)O. The van der Waals surface area contributed by atoms with Gasteiger partial charge >= 0.3 is 5.97 Å². The van der Waals surface area contributed by atoms with Crippen molar-refractivity contribution in [3.63, 3.8) is 0 Å². The summed E-state index contributed by atoms with van der Waals surface area (Å²) in [7, 11) is 0. The summed E-state index contributed by atoms with van der Waals surface area (Å²) in [6.07, 6.45) is 2.98. The zero-order valence-corrected chi connectivity index (χ0v) is 8.94. The van der Waals surface area contributed by atoms with Crippen LogP contribution in [0.3, 0.4) is 0 Å². The van der Waals surface area contributed by atoms with Crippen molar-refractivity contribution in [2.45, 2.75) is 45.6 Å². The van der Waals surface area contributed by atoms with Crippen molar-refractivity contribution in [3.8, 4) is 0 Å². The lowest BCUT2D eigenvalue weighted by Gasteiger charge is -2.35. The highest BCUT2D eigenvalue weighted by atomic mass is 16.4. The Balaban J connectivity index is 2.67. The molecule has 0 aromatic heterocycles. The van der Waals surface area contributed by atoms with Gasteiger partial charge in [0, 0.05) is 0 Å². The van der Waals surface area contributed by atoms with E-state index in [0.717, 1.165) is 19.3 Å². The maximum absolute atomic E-state index is 10.7. The third-order valence-corrected chi connectivity index (χ3v) is 3.39. The van der Waals surface area contributed by atoms with Gasteiger partial charge in [-0.2, -0.15) is 0 Å². The first kappa shape index (κ1) is 11.5. The third kappa shape index (κ3) is 2.47. The van der Waals surface area contributed by atoms with Crippen LogP contribution in [-0.2, 0) is 4.79 Å². The number of carboxylic acid groups (broad SMARTS) is 1. The van der Waals surface area contributed by atoms with Gasteiger partial charge in [-0.1, -0.05) is 26.7 Å². The fraction of sp³-hybridized carbons (Fsp3) is 0.909. The maximum atomic E-state index is 10.7. The molecule has 0 aromatic carbocycles. The topological polar surface area (TPSA) is 57.5 Å². The molecule has 0 heterocycles. The van der Waals surface area contributed by atoms with Gasteiger partial charge in [-0.05, 0) is 30.6 Å². The predicted molar refractivity (Wildman–Crippen MR) is 53.9 cm³/mol. The van der Waals surface area contributed by atoms with E-state index in [2.05, 4.69) is 13.8 Å². The van der Waals surface area contributed by atoms with Crippen molar-refractivity contribution in [1.82, 2.24) is 0 Å². The van der Waals surface area contributed by atoms with Gasteiger partial charge in [0.2, 0.25) is 0 Å². The van der Waals surface area contributed by atoms with Gasteiger partial charge in [0.25, 0.3) is 0 Å². The second-order valence-corrected chi connectivity index (χ2v) is 4.64. The van der Waals surface area contributed by atoms with E-state index in [0.29, 0.717) is 11.8 Å². The minimum Gasteiger partial charge on any atom is -0.479 e. The Morgan fingerprint density at radius 1 is 1.21 bits per heavy atom. The summed E-state index contributed by atoms with van der Waals surface area (Å²) in [5, 5.41) is 18.4. The molecule has 1 fully saturated rings. The number of hydrogen-bond acceptors (Lipinski definition) is 2. The van der Waals surface area contributed by atoms with Gasteiger partial charge in [0.1, 0.15) is 0 Å². The average molecular weight is 200 g/mol. The molecule has 0 aliphatic heterocycles. The molecule has 0 aromatic rings. The monoisotopic (exact) mass is 200 g/mol. The van der Waals surface area contributed by atoms with E-state index >= 15 is 0 Å². The molecular formula is C11H20O3. The molecule has 0 saturated heterocycles. The van der Waals surface area contributed by atoms with Crippen molar-refractivity contribution in [2.75, 3.05) is 0 Å². The van der Waals surface area contributed by atoms with Crippen molar-refractivity contribution in [3.05, 3.63) is 0 Å². The standard InChI is InChI=1S/C11H20O3/c1-7(2)8-5-3-4-6-9(8)10(12)11(13)14/h7-10,12H,3-6H2,1-2H3,(H,13,14). The molecular weight excluding hydrogens is 180 g/mol. The average Bonchev–Trinajstić information content (AvgIpc) is 2.16.